The zero-order valence-electron chi connectivity index (χ0n) is 16.4. The average molecular weight is 485 g/mol. The number of nitrogens with zero attached hydrogens (tertiary/aromatic N) is 4. The van der Waals surface area contributed by atoms with E-state index in [-0.39, 0.29) is 17.1 Å². The Hall–Kier alpha value is -2.38. The summed E-state index contributed by atoms with van der Waals surface area (Å²) in [6.45, 7) is 0. The third-order valence-corrected chi connectivity index (χ3v) is 7.86. The van der Waals surface area contributed by atoms with Crippen LogP contribution in [0.25, 0.3) is 10.6 Å². The van der Waals surface area contributed by atoms with Crippen molar-refractivity contribution in [2.75, 3.05) is 12.4 Å². The predicted octanol–water partition coefficient (Wildman–Crippen LogP) is 2.55. The maximum atomic E-state index is 13.4. The van der Waals surface area contributed by atoms with Crippen LogP contribution in [0.1, 0.15) is 17.5 Å². The van der Waals surface area contributed by atoms with Crippen LogP contribution in [-0.4, -0.2) is 46.3 Å². The van der Waals surface area contributed by atoms with Crippen LogP contribution >= 0.6 is 22.9 Å². The Labute approximate surface area is 187 Å². The SMILES string of the molecule is CN1[C@H](C(=O)Nc2ccc(F)c(Cl)c2)C[C@H](c2ncc(-c3cn(C)cn3)s2)NS1(=O)=O. The van der Waals surface area contributed by atoms with E-state index >= 15 is 0 Å². The normalized spacial score (nSPS) is 21.2. The standard InChI is InChI=1S/C18H18ClFN6O3S2/c1-25-8-14(22-9-25)16-7-21-18(30-16)13-6-15(26(2)31(28,29)24-13)17(27)23-10-3-4-12(20)11(19)5-10/h3-5,7-9,13,15,24H,6H2,1-2H3,(H,23,27)/t13-,15+/m1/s1. The third kappa shape index (κ3) is 4.48. The van der Waals surface area contributed by atoms with E-state index in [1.807, 2.05) is 13.2 Å². The van der Waals surface area contributed by atoms with Gasteiger partial charge in [-0.05, 0) is 24.6 Å². The number of imidazole rings is 1. The second-order valence-electron chi connectivity index (χ2n) is 7.05. The van der Waals surface area contributed by atoms with E-state index in [2.05, 4.69) is 20.0 Å². The highest BCUT2D eigenvalue weighted by molar-refractivity contribution is 7.87. The van der Waals surface area contributed by atoms with Crippen LogP contribution in [-0.2, 0) is 22.1 Å². The van der Waals surface area contributed by atoms with Crippen molar-refractivity contribution in [2.45, 2.75) is 18.5 Å². The molecule has 2 N–H and O–H groups in total. The summed E-state index contributed by atoms with van der Waals surface area (Å²) in [6.07, 6.45) is 5.28. The van der Waals surface area contributed by atoms with Crippen molar-refractivity contribution in [3.8, 4) is 10.6 Å². The minimum atomic E-state index is -3.93. The van der Waals surface area contributed by atoms with E-state index in [4.69, 9.17) is 11.6 Å². The van der Waals surface area contributed by atoms with Crippen molar-refractivity contribution in [2.24, 2.45) is 7.05 Å². The molecule has 31 heavy (non-hydrogen) atoms. The molecule has 1 fully saturated rings. The smallest absolute Gasteiger partial charge is 0.280 e. The van der Waals surface area contributed by atoms with Crippen molar-refractivity contribution >= 4 is 44.7 Å². The van der Waals surface area contributed by atoms with Crippen molar-refractivity contribution in [3.63, 3.8) is 0 Å². The lowest BCUT2D eigenvalue weighted by atomic mass is 10.1. The molecule has 3 heterocycles. The fraction of sp³-hybridized carbons (Fsp3) is 0.278. The van der Waals surface area contributed by atoms with Crippen molar-refractivity contribution in [1.29, 1.82) is 0 Å². The molecule has 0 radical (unpaired) electrons. The summed E-state index contributed by atoms with van der Waals surface area (Å²) in [5.41, 5.74) is 0.994. The van der Waals surface area contributed by atoms with Crippen molar-refractivity contribution in [1.82, 2.24) is 23.6 Å². The first-order chi connectivity index (χ1) is 14.6. The van der Waals surface area contributed by atoms with E-state index in [0.29, 0.717) is 5.01 Å². The second-order valence-corrected chi connectivity index (χ2v) is 10.3. The molecule has 2 atom stereocenters. The lowest BCUT2D eigenvalue weighted by Gasteiger charge is -2.35. The average Bonchev–Trinajstić information content (AvgIpc) is 3.35. The number of likely N-dealkylation sites (N-methyl/N-ethyl adjacent to an activating group) is 1. The number of nitrogens with one attached hydrogen (secondary N) is 2. The van der Waals surface area contributed by atoms with Crippen LogP contribution in [0.3, 0.4) is 0 Å². The lowest BCUT2D eigenvalue weighted by Crippen LogP contribution is -2.55. The number of hydrogen-bond donors (Lipinski definition) is 2. The van der Waals surface area contributed by atoms with Crippen LogP contribution in [0.15, 0.2) is 36.9 Å². The summed E-state index contributed by atoms with van der Waals surface area (Å²) < 4.78 is 44.0. The maximum Gasteiger partial charge on any atom is 0.280 e. The van der Waals surface area contributed by atoms with Gasteiger partial charge in [-0.2, -0.15) is 17.4 Å². The molecular formula is C18H18ClFN6O3S2. The number of aromatic nitrogens is 3. The Morgan fingerprint density at radius 3 is 2.81 bits per heavy atom. The molecule has 0 saturated carbocycles. The van der Waals surface area contributed by atoms with Gasteiger partial charge in [0.05, 0.1) is 28.0 Å². The molecule has 0 unspecified atom stereocenters. The highest BCUT2D eigenvalue weighted by atomic mass is 35.5. The molecule has 1 aliphatic heterocycles. The van der Waals surface area contributed by atoms with Gasteiger partial charge in [0.25, 0.3) is 10.2 Å². The van der Waals surface area contributed by atoms with E-state index < -0.39 is 34.0 Å². The molecule has 3 aromatic rings. The Morgan fingerprint density at radius 2 is 2.13 bits per heavy atom. The fourth-order valence-corrected chi connectivity index (χ4v) is 5.63. The van der Waals surface area contributed by atoms with Gasteiger partial charge in [0.15, 0.2) is 0 Å². The minimum absolute atomic E-state index is 0.146. The molecule has 0 aliphatic carbocycles. The molecule has 1 aromatic carbocycles. The summed E-state index contributed by atoms with van der Waals surface area (Å²) in [7, 11) is -0.759. The zero-order valence-corrected chi connectivity index (χ0v) is 18.8. The molecule has 4 rings (SSSR count). The highest BCUT2D eigenvalue weighted by Gasteiger charge is 2.41. The monoisotopic (exact) mass is 484 g/mol. The molecule has 2 aromatic heterocycles. The fourth-order valence-electron chi connectivity index (χ4n) is 3.18. The lowest BCUT2D eigenvalue weighted by molar-refractivity contribution is -0.120. The number of hydrogen-bond acceptors (Lipinski definition) is 6. The molecule has 13 heteroatoms. The Bertz CT molecular complexity index is 1240. The predicted molar refractivity (Wildman–Crippen MR) is 115 cm³/mol. The topological polar surface area (TPSA) is 109 Å². The Balaban J connectivity index is 1.57. The molecule has 0 spiro atoms. The van der Waals surface area contributed by atoms with Gasteiger partial charge in [0.1, 0.15) is 16.9 Å². The molecule has 164 valence electrons. The number of carbonyl (C=O) groups excluding carboxylic acids is 1. The molecule has 9 nitrogen and oxygen atoms in total. The number of thiazole rings is 1. The zero-order chi connectivity index (χ0) is 22.3. The van der Waals surface area contributed by atoms with Crippen LogP contribution < -0.4 is 10.0 Å². The Kier molecular flexibility index (Phi) is 5.83. The molecule has 1 amide bonds. The van der Waals surface area contributed by atoms with Gasteiger partial charge < -0.3 is 9.88 Å². The van der Waals surface area contributed by atoms with Crippen LogP contribution in [0.5, 0.6) is 0 Å². The maximum absolute atomic E-state index is 13.4. The molecule has 1 saturated heterocycles. The van der Waals surface area contributed by atoms with Gasteiger partial charge in [-0.15, -0.1) is 11.3 Å². The van der Waals surface area contributed by atoms with Gasteiger partial charge >= 0.3 is 0 Å². The van der Waals surface area contributed by atoms with Crippen molar-refractivity contribution < 1.29 is 17.6 Å². The number of halogens is 2. The second kappa shape index (κ2) is 8.28. The number of anilines is 1. The number of amides is 1. The summed E-state index contributed by atoms with van der Waals surface area (Å²) in [5.74, 6) is -1.17. The molecule has 1 aliphatic rings. The van der Waals surface area contributed by atoms with Gasteiger partial charge in [-0.1, -0.05) is 11.6 Å². The highest BCUT2D eigenvalue weighted by Crippen LogP contribution is 2.34. The number of rotatable bonds is 4. The van der Waals surface area contributed by atoms with Crippen LogP contribution in [0.4, 0.5) is 10.1 Å². The van der Waals surface area contributed by atoms with E-state index in [9.17, 15) is 17.6 Å². The number of benzene rings is 1. The van der Waals surface area contributed by atoms with Crippen LogP contribution in [0.2, 0.25) is 5.02 Å². The summed E-state index contributed by atoms with van der Waals surface area (Å²) in [4.78, 5) is 22.3. The number of aryl methyl sites for hydroxylation is 1. The first-order valence-corrected chi connectivity index (χ1v) is 11.7. The third-order valence-electron chi connectivity index (χ3n) is 4.84. The summed E-state index contributed by atoms with van der Waals surface area (Å²) in [5, 5.41) is 2.98. The van der Waals surface area contributed by atoms with Gasteiger partial charge in [-0.3, -0.25) is 4.79 Å². The molecular weight excluding hydrogens is 467 g/mol. The summed E-state index contributed by atoms with van der Waals surface area (Å²) in [6, 6.07) is 2.06. The quantitative estimate of drug-likeness (QED) is 0.591. The largest absolute Gasteiger partial charge is 0.340 e. The first-order valence-electron chi connectivity index (χ1n) is 9.09. The van der Waals surface area contributed by atoms with Crippen molar-refractivity contribution in [3.05, 3.63) is 52.8 Å². The first kappa shape index (κ1) is 21.8. The summed E-state index contributed by atoms with van der Waals surface area (Å²) >= 11 is 7.06. The molecule has 0 bridgehead atoms. The Morgan fingerprint density at radius 1 is 1.35 bits per heavy atom. The van der Waals surface area contributed by atoms with E-state index in [0.717, 1.165) is 20.9 Å². The number of carbonyl (C=O) groups is 1. The van der Waals surface area contributed by atoms with Crippen LogP contribution in [0, 0.1) is 5.82 Å². The van der Waals surface area contributed by atoms with E-state index in [1.54, 1.807) is 17.1 Å². The van der Waals surface area contributed by atoms with Gasteiger partial charge in [0, 0.05) is 32.2 Å². The van der Waals surface area contributed by atoms with Gasteiger partial charge in [0.2, 0.25) is 5.91 Å². The van der Waals surface area contributed by atoms with Gasteiger partial charge in [-0.25, -0.2) is 14.4 Å². The van der Waals surface area contributed by atoms with E-state index in [1.165, 1.54) is 30.5 Å². The minimum Gasteiger partial charge on any atom is -0.340 e.